The molecule has 12 heavy (non-hydrogen) atoms. The average molecular weight is 166 g/mol. The first-order valence-electron chi connectivity index (χ1n) is 4.22. The quantitative estimate of drug-likeness (QED) is 0.588. The molecule has 0 aromatic heterocycles. The van der Waals surface area contributed by atoms with Gasteiger partial charge >= 0.3 is 5.97 Å². The third-order valence-electron chi connectivity index (χ3n) is 2.06. The Morgan fingerprint density at radius 3 is 2.75 bits per heavy atom. The number of rotatable bonds is 2. The van der Waals surface area contributed by atoms with Crippen LogP contribution in [-0.2, 0) is 9.53 Å². The molecule has 2 heteroatoms. The van der Waals surface area contributed by atoms with Crippen LogP contribution >= 0.6 is 0 Å². The topological polar surface area (TPSA) is 26.3 Å². The lowest BCUT2D eigenvalue weighted by atomic mass is 9.92. The first-order valence-corrected chi connectivity index (χ1v) is 4.22. The standard InChI is InChI=1S/C10H14O2/c1-3-10(12-9(2)11)7-5-4-6-8-10/h4-7H,3,8H2,1-2H3. The zero-order valence-corrected chi connectivity index (χ0v) is 7.54. The Balaban J connectivity index is 2.69. The van der Waals surface area contributed by atoms with Crippen molar-refractivity contribution in [1.29, 1.82) is 0 Å². The van der Waals surface area contributed by atoms with Crippen molar-refractivity contribution in [2.75, 3.05) is 0 Å². The lowest BCUT2D eigenvalue weighted by molar-refractivity contribution is -0.152. The Hall–Kier alpha value is -1.05. The molecule has 1 aliphatic carbocycles. The minimum atomic E-state index is -0.374. The van der Waals surface area contributed by atoms with Crippen LogP contribution < -0.4 is 0 Å². The van der Waals surface area contributed by atoms with Crippen LogP contribution in [0.25, 0.3) is 0 Å². The van der Waals surface area contributed by atoms with Crippen LogP contribution in [0.1, 0.15) is 26.7 Å². The first kappa shape index (κ1) is 9.04. The molecule has 0 spiro atoms. The van der Waals surface area contributed by atoms with Crippen LogP contribution in [0.2, 0.25) is 0 Å². The number of carbonyl (C=O) groups is 1. The third-order valence-corrected chi connectivity index (χ3v) is 2.06. The van der Waals surface area contributed by atoms with Gasteiger partial charge < -0.3 is 4.74 Å². The van der Waals surface area contributed by atoms with Gasteiger partial charge in [-0.2, -0.15) is 0 Å². The molecule has 0 bridgehead atoms. The molecular weight excluding hydrogens is 152 g/mol. The van der Waals surface area contributed by atoms with Crippen molar-refractivity contribution in [3.8, 4) is 0 Å². The van der Waals surface area contributed by atoms with Gasteiger partial charge in [0.1, 0.15) is 5.60 Å². The summed E-state index contributed by atoms with van der Waals surface area (Å²) in [4.78, 5) is 10.8. The van der Waals surface area contributed by atoms with E-state index in [9.17, 15) is 4.79 Å². The van der Waals surface area contributed by atoms with Gasteiger partial charge in [0.05, 0.1) is 0 Å². The van der Waals surface area contributed by atoms with Crippen molar-refractivity contribution in [2.45, 2.75) is 32.3 Å². The van der Waals surface area contributed by atoms with Gasteiger partial charge in [0.15, 0.2) is 0 Å². The molecule has 0 heterocycles. The van der Waals surface area contributed by atoms with Crippen LogP contribution in [0.4, 0.5) is 0 Å². The second kappa shape index (κ2) is 3.57. The normalized spacial score (nSPS) is 27.2. The van der Waals surface area contributed by atoms with Gasteiger partial charge in [-0.25, -0.2) is 0 Å². The Labute approximate surface area is 72.9 Å². The summed E-state index contributed by atoms with van der Waals surface area (Å²) >= 11 is 0. The molecule has 1 atom stereocenters. The summed E-state index contributed by atoms with van der Waals surface area (Å²) in [6.07, 6.45) is 9.49. The monoisotopic (exact) mass is 166 g/mol. The summed E-state index contributed by atoms with van der Waals surface area (Å²) in [5, 5.41) is 0. The number of ether oxygens (including phenoxy) is 1. The van der Waals surface area contributed by atoms with Crippen LogP contribution in [-0.4, -0.2) is 11.6 Å². The van der Waals surface area contributed by atoms with E-state index in [0.29, 0.717) is 0 Å². The summed E-state index contributed by atoms with van der Waals surface area (Å²) in [6.45, 7) is 3.47. The summed E-state index contributed by atoms with van der Waals surface area (Å²) < 4.78 is 5.25. The Morgan fingerprint density at radius 2 is 2.33 bits per heavy atom. The van der Waals surface area contributed by atoms with Gasteiger partial charge in [-0.05, 0) is 12.5 Å². The average Bonchev–Trinajstić information content (AvgIpc) is 2.05. The lowest BCUT2D eigenvalue weighted by Gasteiger charge is -2.29. The van der Waals surface area contributed by atoms with Gasteiger partial charge in [-0.3, -0.25) is 4.79 Å². The van der Waals surface area contributed by atoms with E-state index >= 15 is 0 Å². The van der Waals surface area contributed by atoms with Gasteiger partial charge in [0.25, 0.3) is 0 Å². The van der Waals surface area contributed by atoms with E-state index in [1.807, 2.05) is 31.2 Å². The van der Waals surface area contributed by atoms with Gasteiger partial charge in [-0.1, -0.05) is 25.2 Å². The zero-order valence-electron chi connectivity index (χ0n) is 7.54. The van der Waals surface area contributed by atoms with Gasteiger partial charge in [0.2, 0.25) is 0 Å². The van der Waals surface area contributed by atoms with Crippen LogP contribution in [0.15, 0.2) is 24.3 Å². The Kier molecular flexibility index (Phi) is 2.69. The molecule has 0 amide bonds. The minimum absolute atomic E-state index is 0.211. The molecular formula is C10H14O2. The van der Waals surface area contributed by atoms with Crippen LogP contribution in [0.5, 0.6) is 0 Å². The van der Waals surface area contributed by atoms with E-state index < -0.39 is 0 Å². The smallest absolute Gasteiger partial charge is 0.303 e. The highest BCUT2D eigenvalue weighted by atomic mass is 16.6. The molecule has 1 rings (SSSR count). The van der Waals surface area contributed by atoms with E-state index in [0.717, 1.165) is 12.8 Å². The van der Waals surface area contributed by atoms with E-state index in [-0.39, 0.29) is 11.6 Å². The third kappa shape index (κ3) is 1.97. The minimum Gasteiger partial charge on any atom is -0.455 e. The molecule has 0 aromatic rings. The molecule has 1 unspecified atom stereocenters. The predicted octanol–water partition coefficient (Wildman–Crippen LogP) is 2.21. The van der Waals surface area contributed by atoms with E-state index in [2.05, 4.69) is 0 Å². The summed E-state index contributed by atoms with van der Waals surface area (Å²) in [5.74, 6) is -0.211. The highest BCUT2D eigenvalue weighted by Gasteiger charge is 2.27. The predicted molar refractivity (Wildman–Crippen MR) is 47.7 cm³/mol. The molecule has 66 valence electrons. The summed E-state index contributed by atoms with van der Waals surface area (Å²) in [7, 11) is 0. The fourth-order valence-electron chi connectivity index (χ4n) is 1.34. The van der Waals surface area contributed by atoms with Gasteiger partial charge in [0, 0.05) is 13.3 Å². The molecule has 0 saturated carbocycles. The summed E-state index contributed by atoms with van der Waals surface area (Å²) in [6, 6.07) is 0. The number of hydrogen-bond donors (Lipinski definition) is 0. The van der Waals surface area contributed by atoms with E-state index in [4.69, 9.17) is 4.74 Å². The maximum atomic E-state index is 10.8. The second-order valence-electron chi connectivity index (χ2n) is 3.00. The number of carbonyl (C=O) groups excluding carboxylic acids is 1. The first-order chi connectivity index (χ1) is 5.68. The van der Waals surface area contributed by atoms with Crippen molar-refractivity contribution in [1.82, 2.24) is 0 Å². The molecule has 0 aliphatic heterocycles. The molecule has 0 saturated heterocycles. The molecule has 0 aromatic carbocycles. The van der Waals surface area contributed by atoms with Crippen LogP contribution in [0.3, 0.4) is 0 Å². The number of hydrogen-bond acceptors (Lipinski definition) is 2. The SMILES string of the molecule is CCC1(OC(C)=O)C=CC=CC1. The van der Waals surface area contributed by atoms with E-state index in [1.54, 1.807) is 0 Å². The Morgan fingerprint density at radius 1 is 1.58 bits per heavy atom. The molecule has 1 aliphatic rings. The maximum absolute atomic E-state index is 10.8. The number of allylic oxidation sites excluding steroid dienone is 2. The highest BCUT2D eigenvalue weighted by Crippen LogP contribution is 2.25. The summed E-state index contributed by atoms with van der Waals surface area (Å²) in [5.41, 5.74) is -0.374. The fraction of sp³-hybridized carbons (Fsp3) is 0.500. The maximum Gasteiger partial charge on any atom is 0.303 e. The molecule has 0 N–H and O–H groups in total. The van der Waals surface area contributed by atoms with Crippen molar-refractivity contribution >= 4 is 5.97 Å². The van der Waals surface area contributed by atoms with Gasteiger partial charge in [-0.15, -0.1) is 0 Å². The molecule has 0 fully saturated rings. The largest absolute Gasteiger partial charge is 0.455 e. The number of esters is 1. The van der Waals surface area contributed by atoms with Crippen molar-refractivity contribution in [3.63, 3.8) is 0 Å². The molecule has 2 nitrogen and oxygen atoms in total. The van der Waals surface area contributed by atoms with E-state index in [1.165, 1.54) is 6.92 Å². The fourth-order valence-corrected chi connectivity index (χ4v) is 1.34. The lowest BCUT2D eigenvalue weighted by Crippen LogP contribution is -2.31. The molecule has 0 radical (unpaired) electrons. The van der Waals surface area contributed by atoms with Crippen molar-refractivity contribution < 1.29 is 9.53 Å². The highest BCUT2D eigenvalue weighted by molar-refractivity contribution is 5.67. The van der Waals surface area contributed by atoms with Crippen molar-refractivity contribution in [2.24, 2.45) is 0 Å². The van der Waals surface area contributed by atoms with Crippen LogP contribution in [0, 0.1) is 0 Å². The van der Waals surface area contributed by atoms with Crippen molar-refractivity contribution in [3.05, 3.63) is 24.3 Å². The second-order valence-corrected chi connectivity index (χ2v) is 3.00. The zero-order chi connectivity index (χ0) is 9.03. The Bertz CT molecular complexity index is 228.